The van der Waals surface area contributed by atoms with Crippen molar-refractivity contribution in [1.29, 1.82) is 0 Å². The topological polar surface area (TPSA) is 26.7 Å². The Morgan fingerprint density at radius 1 is 1.00 bits per heavy atom. The van der Waals surface area contributed by atoms with Gasteiger partial charge in [-0.05, 0) is 49.9 Å². The Kier molecular flexibility index (Phi) is 7.27. The fourth-order valence-electron chi connectivity index (χ4n) is 5.35. The van der Waals surface area contributed by atoms with Crippen LogP contribution in [-0.4, -0.2) is 60.3 Å². The van der Waals surface area contributed by atoms with Gasteiger partial charge in [-0.25, -0.2) is 0 Å². The molecule has 166 valence electrons. The van der Waals surface area contributed by atoms with Crippen LogP contribution in [0.5, 0.6) is 0 Å². The summed E-state index contributed by atoms with van der Waals surface area (Å²) in [4.78, 5) is 4.99. The largest absolute Gasteiger partial charge is 0.385 e. The number of benzene rings is 2. The minimum absolute atomic E-state index is 0.258. The third kappa shape index (κ3) is 5.65. The van der Waals surface area contributed by atoms with E-state index >= 15 is 0 Å². The van der Waals surface area contributed by atoms with Crippen molar-refractivity contribution in [2.75, 3.05) is 39.8 Å². The molecule has 3 heteroatoms. The maximum absolute atomic E-state index is 12.5. The second-order valence-corrected chi connectivity index (χ2v) is 9.72. The Morgan fingerprint density at radius 3 is 2.52 bits per heavy atom. The van der Waals surface area contributed by atoms with Gasteiger partial charge in [-0.2, -0.15) is 0 Å². The van der Waals surface area contributed by atoms with Gasteiger partial charge in [-0.15, -0.1) is 0 Å². The average molecular weight is 419 g/mol. The van der Waals surface area contributed by atoms with Crippen LogP contribution in [0.3, 0.4) is 0 Å². The number of nitrogens with zero attached hydrogens (tertiary/aromatic N) is 2. The maximum atomic E-state index is 12.5. The molecule has 1 heterocycles. The quantitative estimate of drug-likeness (QED) is 0.707. The van der Waals surface area contributed by atoms with Crippen molar-refractivity contribution in [1.82, 2.24) is 9.80 Å². The molecule has 4 rings (SSSR count). The highest BCUT2D eigenvalue weighted by Crippen LogP contribution is 2.41. The van der Waals surface area contributed by atoms with Crippen molar-refractivity contribution >= 4 is 6.08 Å². The second kappa shape index (κ2) is 10.1. The Labute approximate surface area is 188 Å². The molecule has 0 amide bonds. The van der Waals surface area contributed by atoms with Gasteiger partial charge in [0.25, 0.3) is 0 Å². The highest BCUT2D eigenvalue weighted by atomic mass is 16.3. The Balaban J connectivity index is 1.67. The Morgan fingerprint density at radius 2 is 1.77 bits per heavy atom. The van der Waals surface area contributed by atoms with E-state index in [2.05, 4.69) is 84.4 Å². The lowest BCUT2D eigenvalue weighted by Gasteiger charge is -2.42. The molecule has 1 N–H and O–H groups in total. The fourth-order valence-corrected chi connectivity index (χ4v) is 5.35. The predicted octanol–water partition coefficient (Wildman–Crippen LogP) is 4.79. The predicted molar refractivity (Wildman–Crippen MR) is 130 cm³/mol. The van der Waals surface area contributed by atoms with Crippen molar-refractivity contribution in [2.45, 2.75) is 44.6 Å². The summed E-state index contributed by atoms with van der Waals surface area (Å²) in [6, 6.07) is 19.2. The van der Waals surface area contributed by atoms with E-state index in [-0.39, 0.29) is 5.92 Å². The molecule has 2 aromatic carbocycles. The summed E-state index contributed by atoms with van der Waals surface area (Å²) in [6.45, 7) is 7.58. The zero-order chi connectivity index (χ0) is 21.7. The number of hydrogen-bond acceptors (Lipinski definition) is 3. The summed E-state index contributed by atoms with van der Waals surface area (Å²) >= 11 is 0. The van der Waals surface area contributed by atoms with Crippen molar-refractivity contribution in [2.24, 2.45) is 5.92 Å². The van der Waals surface area contributed by atoms with Crippen LogP contribution in [0, 0.1) is 12.8 Å². The van der Waals surface area contributed by atoms with Gasteiger partial charge in [0.2, 0.25) is 0 Å². The van der Waals surface area contributed by atoms with Crippen LogP contribution in [0.25, 0.3) is 6.08 Å². The molecule has 1 saturated carbocycles. The van der Waals surface area contributed by atoms with Crippen molar-refractivity contribution in [3.63, 3.8) is 0 Å². The normalized spacial score (nSPS) is 27.3. The molecule has 2 fully saturated rings. The standard InChI is InChI=1S/C28H38N2O/c1-23-9-8-12-25(19-23)21-28(31)26(20-24-10-4-3-5-11-24)13-6-7-14-27(28)22-30-17-15-29(2)16-18-30/h3-5,8-12,19-20,27,31H,6-7,13-18,21-22H2,1-2H3. The van der Waals surface area contributed by atoms with Crippen LogP contribution in [0.4, 0.5) is 0 Å². The Bertz CT molecular complexity index is 870. The average Bonchev–Trinajstić information content (AvgIpc) is 2.90. The van der Waals surface area contributed by atoms with Crippen LogP contribution in [0.2, 0.25) is 0 Å². The minimum atomic E-state index is -0.802. The molecule has 0 spiro atoms. The lowest BCUT2D eigenvalue weighted by atomic mass is 9.74. The van der Waals surface area contributed by atoms with Crippen LogP contribution in [0.1, 0.15) is 42.4 Å². The lowest BCUT2D eigenvalue weighted by Crippen LogP contribution is -2.51. The summed E-state index contributed by atoms with van der Waals surface area (Å²) in [5, 5.41) is 12.5. The third-order valence-electron chi connectivity index (χ3n) is 7.25. The monoisotopic (exact) mass is 418 g/mol. The van der Waals surface area contributed by atoms with E-state index in [9.17, 15) is 5.11 Å². The molecule has 1 aliphatic carbocycles. The summed E-state index contributed by atoms with van der Waals surface area (Å²) in [6.07, 6.45) is 7.41. The van der Waals surface area contributed by atoms with E-state index in [4.69, 9.17) is 0 Å². The van der Waals surface area contributed by atoms with E-state index in [1.54, 1.807) is 0 Å². The molecular formula is C28H38N2O. The van der Waals surface area contributed by atoms with Crippen LogP contribution < -0.4 is 0 Å². The molecule has 3 nitrogen and oxygen atoms in total. The summed E-state index contributed by atoms with van der Waals surface area (Å²) in [5.41, 5.74) is 4.12. The number of aryl methyl sites for hydroxylation is 1. The number of piperazine rings is 1. The molecule has 2 aromatic rings. The van der Waals surface area contributed by atoms with E-state index in [0.29, 0.717) is 6.42 Å². The molecule has 2 aliphatic rings. The Hall–Kier alpha value is -1.94. The third-order valence-corrected chi connectivity index (χ3v) is 7.25. The molecule has 0 bridgehead atoms. The molecule has 0 radical (unpaired) electrons. The molecule has 1 aliphatic heterocycles. The zero-order valence-electron chi connectivity index (χ0n) is 19.3. The van der Waals surface area contributed by atoms with Crippen LogP contribution >= 0.6 is 0 Å². The molecular weight excluding hydrogens is 380 g/mol. The van der Waals surface area contributed by atoms with E-state index < -0.39 is 5.60 Å². The van der Waals surface area contributed by atoms with Gasteiger partial charge >= 0.3 is 0 Å². The van der Waals surface area contributed by atoms with E-state index in [1.165, 1.54) is 28.7 Å². The highest BCUT2D eigenvalue weighted by Gasteiger charge is 2.42. The first-order chi connectivity index (χ1) is 15.0. The first kappa shape index (κ1) is 22.3. The molecule has 2 atom stereocenters. The highest BCUT2D eigenvalue weighted by molar-refractivity contribution is 5.56. The molecule has 0 aromatic heterocycles. The maximum Gasteiger partial charge on any atom is 0.0940 e. The first-order valence-electron chi connectivity index (χ1n) is 12.0. The van der Waals surface area contributed by atoms with Gasteiger partial charge in [0.05, 0.1) is 5.60 Å². The number of aliphatic hydroxyl groups is 1. The van der Waals surface area contributed by atoms with Crippen molar-refractivity contribution < 1.29 is 5.11 Å². The molecule has 31 heavy (non-hydrogen) atoms. The van der Waals surface area contributed by atoms with Gasteiger partial charge in [-0.3, -0.25) is 0 Å². The van der Waals surface area contributed by atoms with E-state index in [0.717, 1.165) is 52.0 Å². The number of likely N-dealkylation sites (N-methyl/N-ethyl adjacent to an activating group) is 1. The van der Waals surface area contributed by atoms with Gasteiger partial charge in [0.1, 0.15) is 0 Å². The molecule has 2 unspecified atom stereocenters. The van der Waals surface area contributed by atoms with Crippen LogP contribution in [0.15, 0.2) is 60.2 Å². The summed E-state index contributed by atoms with van der Waals surface area (Å²) in [5.74, 6) is 0.258. The SMILES string of the molecule is Cc1cccc(CC2(O)C(=Cc3ccccc3)CCCCC2CN2CCN(C)CC2)c1. The second-order valence-electron chi connectivity index (χ2n) is 9.72. The lowest BCUT2D eigenvalue weighted by molar-refractivity contribution is -0.00643. The summed E-state index contributed by atoms with van der Waals surface area (Å²) < 4.78 is 0. The van der Waals surface area contributed by atoms with Crippen molar-refractivity contribution in [3.05, 3.63) is 76.9 Å². The fraction of sp³-hybridized carbons (Fsp3) is 0.500. The van der Waals surface area contributed by atoms with Gasteiger partial charge in [0.15, 0.2) is 0 Å². The van der Waals surface area contributed by atoms with E-state index in [1.807, 2.05) is 0 Å². The summed E-state index contributed by atoms with van der Waals surface area (Å²) in [7, 11) is 2.21. The van der Waals surface area contributed by atoms with Gasteiger partial charge in [-0.1, -0.05) is 72.7 Å². The number of hydrogen-bond donors (Lipinski definition) is 1. The van der Waals surface area contributed by atoms with Gasteiger partial charge < -0.3 is 14.9 Å². The van der Waals surface area contributed by atoms with Crippen LogP contribution in [-0.2, 0) is 6.42 Å². The first-order valence-corrected chi connectivity index (χ1v) is 12.0. The zero-order valence-corrected chi connectivity index (χ0v) is 19.3. The number of rotatable bonds is 5. The minimum Gasteiger partial charge on any atom is -0.385 e. The molecule has 1 saturated heterocycles. The van der Waals surface area contributed by atoms with Crippen molar-refractivity contribution in [3.8, 4) is 0 Å². The van der Waals surface area contributed by atoms with Gasteiger partial charge in [0, 0.05) is 45.1 Å². The smallest absolute Gasteiger partial charge is 0.0940 e.